The van der Waals surface area contributed by atoms with Gasteiger partial charge in [0.25, 0.3) is 0 Å². The highest BCUT2D eigenvalue weighted by Gasteiger charge is 2.26. The van der Waals surface area contributed by atoms with Gasteiger partial charge in [0, 0.05) is 16.3 Å². The first-order valence-electron chi connectivity index (χ1n) is 6.57. The van der Waals surface area contributed by atoms with E-state index in [9.17, 15) is 4.79 Å². The van der Waals surface area contributed by atoms with Crippen LogP contribution in [0.25, 0.3) is 15.7 Å². The Morgan fingerprint density at radius 3 is 3.00 bits per heavy atom. The van der Waals surface area contributed by atoms with Crippen LogP contribution in [0.5, 0.6) is 0 Å². The number of esters is 1. The number of hydrogen-bond acceptors (Lipinski definition) is 4. The molecule has 2 aromatic rings. The summed E-state index contributed by atoms with van der Waals surface area (Å²) in [5.74, 6) is -0.889. The molecule has 0 radical (unpaired) electrons. The lowest BCUT2D eigenvalue weighted by molar-refractivity contribution is -0.145. The number of aromatic nitrogens is 2. The summed E-state index contributed by atoms with van der Waals surface area (Å²) >= 11 is 3.42. The Morgan fingerprint density at radius 2 is 2.29 bits per heavy atom. The molecule has 108 valence electrons. The van der Waals surface area contributed by atoms with Crippen LogP contribution in [0.1, 0.15) is 25.0 Å². The summed E-state index contributed by atoms with van der Waals surface area (Å²) in [6.45, 7) is 9.25. The first-order chi connectivity index (χ1) is 10.2. The van der Waals surface area contributed by atoms with Gasteiger partial charge in [-0.15, -0.1) is 0 Å². The van der Waals surface area contributed by atoms with Crippen LogP contribution < -0.4 is 0 Å². The van der Waals surface area contributed by atoms with Crippen molar-refractivity contribution in [2.24, 2.45) is 0 Å². The lowest BCUT2D eigenvalue weighted by Gasteiger charge is -2.14. The van der Waals surface area contributed by atoms with Crippen molar-refractivity contribution in [2.45, 2.75) is 19.3 Å². The molecule has 0 aliphatic carbocycles. The lowest BCUT2D eigenvalue weighted by Crippen LogP contribution is -2.18. The Bertz CT molecular complexity index is 697. The predicted octanol–water partition coefficient (Wildman–Crippen LogP) is 3.35. The minimum atomic E-state index is -0.543. The third-order valence-corrected chi connectivity index (χ3v) is 3.55. The second kappa shape index (κ2) is 7.14. The number of benzene rings is 1. The van der Waals surface area contributed by atoms with Gasteiger partial charge in [-0.3, -0.25) is 4.79 Å². The molecule has 0 N–H and O–H groups in total. The molecule has 1 aromatic carbocycles. The molecular weight excluding hydrogens is 334 g/mol. The van der Waals surface area contributed by atoms with Gasteiger partial charge in [-0.25, -0.2) is 16.5 Å². The molecule has 1 heterocycles. The molecule has 21 heavy (non-hydrogen) atoms. The third-order valence-electron chi connectivity index (χ3n) is 3.06. The molecule has 0 aliphatic rings. The highest BCUT2D eigenvalue weighted by Crippen LogP contribution is 2.28. The van der Waals surface area contributed by atoms with E-state index < -0.39 is 5.92 Å². The number of hydrogen-bond donors (Lipinski definition) is 0. The maximum Gasteiger partial charge on any atom is 0.315 e. The lowest BCUT2D eigenvalue weighted by atomic mass is 9.97. The molecule has 5 nitrogen and oxygen atoms in total. The fourth-order valence-electron chi connectivity index (χ4n) is 2.13. The first kappa shape index (κ1) is 15.4. The second-order valence-electron chi connectivity index (χ2n) is 4.40. The van der Waals surface area contributed by atoms with Crippen molar-refractivity contribution in [1.82, 2.24) is 9.97 Å². The van der Waals surface area contributed by atoms with Gasteiger partial charge >= 0.3 is 5.97 Å². The molecule has 1 unspecified atom stereocenters. The first-order valence-corrected chi connectivity index (χ1v) is 7.36. The Balaban J connectivity index is 2.50. The van der Waals surface area contributed by atoms with E-state index in [4.69, 9.17) is 11.3 Å². The number of nitrogens with zero attached hydrogens (tertiary/aromatic N) is 3. The van der Waals surface area contributed by atoms with Crippen molar-refractivity contribution >= 4 is 32.8 Å². The van der Waals surface area contributed by atoms with E-state index in [1.807, 2.05) is 18.2 Å². The Labute approximate surface area is 131 Å². The molecule has 2 rings (SSSR count). The number of carbonyl (C=O) groups excluding carboxylic acids is 1. The zero-order valence-corrected chi connectivity index (χ0v) is 13.1. The molecule has 0 spiro atoms. The van der Waals surface area contributed by atoms with Crippen LogP contribution in [0.4, 0.5) is 0 Å². The standard InChI is InChI=1S/C15H14BrN3O2/c1-3-21-15(20)11(6-7-17-2)14-12-8-10(16)4-5-13(12)18-9-19-14/h4-5,8-9,11H,3,6-7H2,1H3. The summed E-state index contributed by atoms with van der Waals surface area (Å²) in [5.41, 5.74) is 1.38. The summed E-state index contributed by atoms with van der Waals surface area (Å²) < 4.78 is 6.01. The molecule has 0 fully saturated rings. The van der Waals surface area contributed by atoms with Gasteiger partial charge in [-0.05, 0) is 25.1 Å². The second-order valence-corrected chi connectivity index (χ2v) is 5.31. The summed E-state index contributed by atoms with van der Waals surface area (Å²) in [4.78, 5) is 24.0. The van der Waals surface area contributed by atoms with Gasteiger partial charge in [-0.2, -0.15) is 0 Å². The predicted molar refractivity (Wildman–Crippen MR) is 82.7 cm³/mol. The Morgan fingerprint density at radius 1 is 1.48 bits per heavy atom. The van der Waals surface area contributed by atoms with Crippen LogP contribution in [0.3, 0.4) is 0 Å². The van der Waals surface area contributed by atoms with Crippen molar-refractivity contribution in [3.63, 3.8) is 0 Å². The molecule has 0 aliphatic heterocycles. The Hall–Kier alpha value is -2.00. The van der Waals surface area contributed by atoms with E-state index in [2.05, 4.69) is 30.7 Å². The molecule has 1 aromatic heterocycles. The van der Waals surface area contributed by atoms with E-state index >= 15 is 0 Å². The quantitative estimate of drug-likeness (QED) is 0.614. The maximum atomic E-state index is 12.2. The zero-order valence-electron chi connectivity index (χ0n) is 11.5. The number of carbonyl (C=O) groups is 1. The minimum absolute atomic E-state index is 0.253. The number of rotatable bonds is 5. The van der Waals surface area contributed by atoms with E-state index in [0.717, 1.165) is 15.4 Å². The summed E-state index contributed by atoms with van der Waals surface area (Å²) in [6, 6.07) is 5.63. The van der Waals surface area contributed by atoms with Crippen LogP contribution in [-0.4, -0.2) is 29.1 Å². The van der Waals surface area contributed by atoms with E-state index in [0.29, 0.717) is 18.7 Å². The summed E-state index contributed by atoms with van der Waals surface area (Å²) in [6.07, 6.45) is 1.83. The molecular formula is C15H14BrN3O2. The fraction of sp³-hybridized carbons (Fsp3) is 0.333. The molecule has 0 saturated heterocycles. The van der Waals surface area contributed by atoms with E-state index in [1.54, 1.807) is 6.92 Å². The topological polar surface area (TPSA) is 56.4 Å². The fourth-order valence-corrected chi connectivity index (χ4v) is 2.49. The maximum absolute atomic E-state index is 12.2. The van der Waals surface area contributed by atoms with Crippen molar-refractivity contribution in [3.05, 3.63) is 46.1 Å². The van der Waals surface area contributed by atoms with Crippen molar-refractivity contribution in [1.29, 1.82) is 0 Å². The van der Waals surface area contributed by atoms with Crippen LogP contribution in [0.15, 0.2) is 29.0 Å². The van der Waals surface area contributed by atoms with Crippen LogP contribution in [0.2, 0.25) is 0 Å². The average Bonchev–Trinajstić information content (AvgIpc) is 2.48. The van der Waals surface area contributed by atoms with E-state index in [1.165, 1.54) is 6.33 Å². The largest absolute Gasteiger partial charge is 0.465 e. The van der Waals surface area contributed by atoms with Crippen molar-refractivity contribution in [3.8, 4) is 0 Å². The monoisotopic (exact) mass is 347 g/mol. The normalized spacial score (nSPS) is 11.9. The van der Waals surface area contributed by atoms with Gasteiger partial charge in [0.2, 0.25) is 6.54 Å². The van der Waals surface area contributed by atoms with Crippen LogP contribution in [0, 0.1) is 6.57 Å². The molecule has 0 bridgehead atoms. The van der Waals surface area contributed by atoms with Crippen molar-refractivity contribution < 1.29 is 9.53 Å². The van der Waals surface area contributed by atoms with Gasteiger partial charge < -0.3 is 9.58 Å². The Kier molecular flexibility index (Phi) is 5.23. The van der Waals surface area contributed by atoms with Gasteiger partial charge in [0.15, 0.2) is 0 Å². The van der Waals surface area contributed by atoms with Crippen LogP contribution >= 0.6 is 15.9 Å². The highest BCUT2D eigenvalue weighted by molar-refractivity contribution is 9.10. The van der Waals surface area contributed by atoms with Gasteiger partial charge in [0.1, 0.15) is 12.2 Å². The van der Waals surface area contributed by atoms with Crippen molar-refractivity contribution in [2.75, 3.05) is 13.2 Å². The number of fused-ring (bicyclic) bond motifs is 1. The summed E-state index contributed by atoms with van der Waals surface area (Å²) in [5, 5.41) is 0.801. The smallest absolute Gasteiger partial charge is 0.315 e. The molecule has 0 amide bonds. The van der Waals surface area contributed by atoms with Gasteiger partial charge in [-0.1, -0.05) is 15.9 Å². The highest BCUT2D eigenvalue weighted by atomic mass is 79.9. The van der Waals surface area contributed by atoms with Crippen LogP contribution in [-0.2, 0) is 9.53 Å². The molecule has 0 saturated carbocycles. The number of ether oxygens (including phenoxy) is 1. The number of halogens is 1. The third kappa shape index (κ3) is 3.56. The van der Waals surface area contributed by atoms with E-state index in [-0.39, 0.29) is 12.5 Å². The summed E-state index contributed by atoms with van der Waals surface area (Å²) in [7, 11) is 0. The molecule has 6 heteroatoms. The SMILES string of the molecule is [C-]#[N+]CCC(C(=O)OCC)c1ncnc2ccc(Br)cc12. The van der Waals surface area contributed by atoms with Gasteiger partial charge in [0.05, 0.1) is 17.8 Å². The molecule has 1 atom stereocenters. The zero-order chi connectivity index (χ0) is 15.2. The average molecular weight is 348 g/mol. The minimum Gasteiger partial charge on any atom is -0.465 e.